The molecule has 1 aromatic heterocycles. The summed E-state index contributed by atoms with van der Waals surface area (Å²) in [7, 11) is 1.95. The molecule has 0 radical (unpaired) electrons. The molecule has 5 heteroatoms. The van der Waals surface area contributed by atoms with Crippen molar-refractivity contribution in [1.29, 1.82) is 5.26 Å². The molecule has 104 valence electrons. The van der Waals surface area contributed by atoms with Gasteiger partial charge in [0.15, 0.2) is 0 Å². The molecule has 0 amide bonds. The second kappa shape index (κ2) is 5.98. The van der Waals surface area contributed by atoms with E-state index in [9.17, 15) is 0 Å². The van der Waals surface area contributed by atoms with E-state index >= 15 is 0 Å². The van der Waals surface area contributed by atoms with E-state index in [-0.39, 0.29) is 0 Å². The van der Waals surface area contributed by atoms with Crippen LogP contribution in [0.4, 0.5) is 5.69 Å². The number of rotatable bonds is 4. The summed E-state index contributed by atoms with van der Waals surface area (Å²) in [6.07, 6.45) is 0.874. The van der Waals surface area contributed by atoms with Crippen molar-refractivity contribution < 1.29 is 0 Å². The number of hydrogen-bond acceptors (Lipinski definition) is 3. The summed E-state index contributed by atoms with van der Waals surface area (Å²) >= 11 is 5.88. The van der Waals surface area contributed by atoms with Gasteiger partial charge in [0.05, 0.1) is 16.9 Å². The first-order chi connectivity index (χ1) is 9.52. The standard InChI is InChI=1S/C15H17ClN4/c1-10-14(11(2)20(3)19-10)6-7-18-15-5-4-13(16)8-12(15)9-17/h4-5,8,18H,6-7H2,1-3H3. The molecule has 0 aliphatic rings. The Bertz CT molecular complexity index is 667. The zero-order chi connectivity index (χ0) is 14.7. The monoisotopic (exact) mass is 288 g/mol. The Morgan fingerprint density at radius 2 is 2.15 bits per heavy atom. The fourth-order valence-electron chi connectivity index (χ4n) is 2.26. The molecular formula is C15H17ClN4. The van der Waals surface area contributed by atoms with Crippen LogP contribution >= 0.6 is 11.6 Å². The van der Waals surface area contributed by atoms with Gasteiger partial charge in [-0.2, -0.15) is 10.4 Å². The quantitative estimate of drug-likeness (QED) is 0.940. The van der Waals surface area contributed by atoms with E-state index in [0.29, 0.717) is 10.6 Å². The number of hydrogen-bond donors (Lipinski definition) is 1. The maximum absolute atomic E-state index is 9.09. The highest BCUT2D eigenvalue weighted by Crippen LogP contribution is 2.20. The lowest BCUT2D eigenvalue weighted by molar-refractivity contribution is 0.730. The summed E-state index contributed by atoms with van der Waals surface area (Å²) in [5.41, 5.74) is 4.88. The first-order valence-corrected chi connectivity index (χ1v) is 6.83. The number of anilines is 1. The smallest absolute Gasteiger partial charge is 0.101 e. The lowest BCUT2D eigenvalue weighted by atomic mass is 10.1. The molecule has 2 rings (SSSR count). The topological polar surface area (TPSA) is 53.6 Å². The van der Waals surface area contributed by atoms with Crippen molar-refractivity contribution in [1.82, 2.24) is 9.78 Å². The van der Waals surface area contributed by atoms with Crippen LogP contribution in [0.15, 0.2) is 18.2 Å². The van der Waals surface area contributed by atoms with Gasteiger partial charge in [0.25, 0.3) is 0 Å². The summed E-state index contributed by atoms with van der Waals surface area (Å²) in [5, 5.41) is 17.3. The third kappa shape index (κ3) is 2.94. The van der Waals surface area contributed by atoms with E-state index in [2.05, 4.69) is 23.4 Å². The van der Waals surface area contributed by atoms with E-state index < -0.39 is 0 Å². The van der Waals surface area contributed by atoms with E-state index in [4.69, 9.17) is 16.9 Å². The van der Waals surface area contributed by atoms with Crippen molar-refractivity contribution >= 4 is 17.3 Å². The number of halogens is 1. The van der Waals surface area contributed by atoms with Crippen LogP contribution in [-0.2, 0) is 13.5 Å². The Morgan fingerprint density at radius 3 is 2.75 bits per heavy atom. The molecule has 20 heavy (non-hydrogen) atoms. The number of aryl methyl sites for hydroxylation is 2. The number of benzene rings is 1. The van der Waals surface area contributed by atoms with Gasteiger partial charge in [-0.15, -0.1) is 0 Å². The summed E-state index contributed by atoms with van der Waals surface area (Å²) < 4.78 is 1.90. The first kappa shape index (κ1) is 14.4. The van der Waals surface area contributed by atoms with Crippen LogP contribution in [0.1, 0.15) is 22.5 Å². The minimum atomic E-state index is 0.567. The fraction of sp³-hybridized carbons (Fsp3) is 0.333. The van der Waals surface area contributed by atoms with Gasteiger partial charge in [0.1, 0.15) is 6.07 Å². The molecule has 0 aliphatic carbocycles. The largest absolute Gasteiger partial charge is 0.384 e. The van der Waals surface area contributed by atoms with Crippen LogP contribution in [0, 0.1) is 25.2 Å². The molecule has 1 heterocycles. The Morgan fingerprint density at radius 1 is 1.40 bits per heavy atom. The number of nitrogens with zero attached hydrogens (tertiary/aromatic N) is 3. The molecule has 0 bridgehead atoms. The van der Waals surface area contributed by atoms with Crippen LogP contribution in [0.2, 0.25) is 5.02 Å². The zero-order valence-electron chi connectivity index (χ0n) is 11.9. The lowest BCUT2D eigenvalue weighted by Crippen LogP contribution is -2.07. The Balaban J connectivity index is 2.05. The normalized spacial score (nSPS) is 10.3. The fourth-order valence-corrected chi connectivity index (χ4v) is 2.44. The van der Waals surface area contributed by atoms with Crippen LogP contribution in [0.3, 0.4) is 0 Å². The molecule has 0 fully saturated rings. The highest BCUT2D eigenvalue weighted by molar-refractivity contribution is 6.30. The minimum absolute atomic E-state index is 0.567. The Kier molecular flexibility index (Phi) is 4.31. The SMILES string of the molecule is Cc1nn(C)c(C)c1CCNc1ccc(Cl)cc1C#N. The lowest BCUT2D eigenvalue weighted by Gasteiger charge is -2.09. The molecule has 0 atom stereocenters. The second-order valence-electron chi connectivity index (χ2n) is 4.75. The summed E-state index contributed by atoms with van der Waals surface area (Å²) in [4.78, 5) is 0. The molecule has 0 spiro atoms. The predicted molar refractivity (Wildman–Crippen MR) is 81.0 cm³/mol. The van der Waals surface area contributed by atoms with Gasteiger partial charge in [-0.05, 0) is 44.0 Å². The molecule has 0 saturated carbocycles. The van der Waals surface area contributed by atoms with Gasteiger partial charge in [-0.1, -0.05) is 11.6 Å². The molecule has 0 saturated heterocycles. The van der Waals surface area contributed by atoms with Crippen LogP contribution in [0.25, 0.3) is 0 Å². The maximum Gasteiger partial charge on any atom is 0.101 e. The van der Waals surface area contributed by atoms with Crippen molar-refractivity contribution in [3.05, 3.63) is 45.7 Å². The van der Waals surface area contributed by atoms with Crippen molar-refractivity contribution in [2.75, 3.05) is 11.9 Å². The van der Waals surface area contributed by atoms with Crippen LogP contribution in [-0.4, -0.2) is 16.3 Å². The van der Waals surface area contributed by atoms with Gasteiger partial charge in [-0.3, -0.25) is 4.68 Å². The highest BCUT2D eigenvalue weighted by atomic mass is 35.5. The van der Waals surface area contributed by atoms with E-state index in [1.165, 1.54) is 11.3 Å². The maximum atomic E-state index is 9.09. The average Bonchev–Trinajstić information content (AvgIpc) is 2.66. The van der Waals surface area contributed by atoms with Gasteiger partial charge in [-0.25, -0.2) is 0 Å². The number of nitriles is 1. The predicted octanol–water partition coefficient (Wildman–Crippen LogP) is 3.22. The van der Waals surface area contributed by atoms with E-state index in [1.807, 2.05) is 24.7 Å². The molecule has 0 aliphatic heterocycles. The molecular weight excluding hydrogens is 272 g/mol. The van der Waals surface area contributed by atoms with Gasteiger partial charge < -0.3 is 5.32 Å². The van der Waals surface area contributed by atoms with Gasteiger partial charge in [0, 0.05) is 24.3 Å². The van der Waals surface area contributed by atoms with E-state index in [0.717, 1.165) is 24.3 Å². The van der Waals surface area contributed by atoms with E-state index in [1.54, 1.807) is 12.1 Å². The average molecular weight is 289 g/mol. The molecule has 2 aromatic rings. The number of aromatic nitrogens is 2. The Hall–Kier alpha value is -1.99. The summed E-state index contributed by atoms with van der Waals surface area (Å²) in [5.74, 6) is 0. The summed E-state index contributed by atoms with van der Waals surface area (Å²) in [6.45, 7) is 4.84. The molecule has 1 N–H and O–H groups in total. The van der Waals surface area contributed by atoms with Crippen molar-refractivity contribution in [3.8, 4) is 6.07 Å². The molecule has 0 unspecified atom stereocenters. The zero-order valence-corrected chi connectivity index (χ0v) is 12.6. The Labute approximate surface area is 124 Å². The summed E-state index contributed by atoms with van der Waals surface area (Å²) in [6, 6.07) is 7.44. The highest BCUT2D eigenvalue weighted by Gasteiger charge is 2.09. The van der Waals surface area contributed by atoms with Crippen LogP contribution in [0.5, 0.6) is 0 Å². The van der Waals surface area contributed by atoms with Crippen LogP contribution < -0.4 is 5.32 Å². The molecule has 4 nitrogen and oxygen atoms in total. The first-order valence-electron chi connectivity index (χ1n) is 6.45. The minimum Gasteiger partial charge on any atom is -0.384 e. The number of nitrogens with one attached hydrogen (secondary N) is 1. The third-order valence-electron chi connectivity index (χ3n) is 3.45. The van der Waals surface area contributed by atoms with Crippen molar-refractivity contribution in [2.24, 2.45) is 7.05 Å². The molecule has 1 aromatic carbocycles. The van der Waals surface area contributed by atoms with Crippen molar-refractivity contribution in [2.45, 2.75) is 20.3 Å². The second-order valence-corrected chi connectivity index (χ2v) is 5.19. The van der Waals surface area contributed by atoms with Gasteiger partial charge >= 0.3 is 0 Å². The van der Waals surface area contributed by atoms with Gasteiger partial charge in [0.2, 0.25) is 0 Å². The van der Waals surface area contributed by atoms with Crippen molar-refractivity contribution in [3.63, 3.8) is 0 Å². The third-order valence-corrected chi connectivity index (χ3v) is 3.69.